The zero-order valence-corrected chi connectivity index (χ0v) is 13.9. The van der Waals surface area contributed by atoms with Crippen molar-refractivity contribution in [3.8, 4) is 11.3 Å². The summed E-state index contributed by atoms with van der Waals surface area (Å²) < 4.78 is 7.67. The Kier molecular flexibility index (Phi) is 3.96. The molecule has 3 heterocycles. The number of hydrogen-bond donors (Lipinski definition) is 1. The number of imidazole rings is 1. The lowest BCUT2D eigenvalue weighted by Crippen LogP contribution is -2.36. The van der Waals surface area contributed by atoms with Crippen LogP contribution in [0.15, 0.2) is 42.6 Å². The van der Waals surface area contributed by atoms with Crippen LogP contribution in [0, 0.1) is 6.92 Å². The van der Waals surface area contributed by atoms with E-state index < -0.39 is 0 Å². The molecule has 2 aromatic heterocycles. The van der Waals surface area contributed by atoms with E-state index in [0.717, 1.165) is 55.4 Å². The smallest absolute Gasteiger partial charge is 0.137 e. The lowest BCUT2D eigenvalue weighted by atomic mass is 10.1. The molecule has 124 valence electrons. The lowest BCUT2D eigenvalue weighted by molar-refractivity contribution is 0.0336. The van der Waals surface area contributed by atoms with Crippen molar-refractivity contribution in [2.45, 2.75) is 13.5 Å². The summed E-state index contributed by atoms with van der Waals surface area (Å²) in [7, 11) is 0. The van der Waals surface area contributed by atoms with E-state index in [1.807, 2.05) is 24.3 Å². The minimum Gasteiger partial charge on any atom is -0.399 e. The van der Waals surface area contributed by atoms with Gasteiger partial charge >= 0.3 is 0 Å². The Balaban J connectivity index is 1.81. The van der Waals surface area contributed by atoms with Crippen molar-refractivity contribution in [3.63, 3.8) is 0 Å². The highest BCUT2D eigenvalue weighted by Gasteiger charge is 2.18. The zero-order valence-electron chi connectivity index (χ0n) is 13.9. The average Bonchev–Trinajstić information content (AvgIpc) is 2.94. The molecular weight excluding hydrogens is 300 g/mol. The molecule has 1 fully saturated rings. The second-order valence-electron chi connectivity index (χ2n) is 6.35. The summed E-state index contributed by atoms with van der Waals surface area (Å²) in [5, 5.41) is 0. The number of nitrogens with two attached hydrogens (primary N) is 1. The number of pyridine rings is 1. The average molecular weight is 322 g/mol. The largest absolute Gasteiger partial charge is 0.399 e. The van der Waals surface area contributed by atoms with Crippen LogP contribution in [0.3, 0.4) is 0 Å². The molecule has 24 heavy (non-hydrogen) atoms. The molecule has 1 aliphatic heterocycles. The van der Waals surface area contributed by atoms with Gasteiger partial charge in [0.05, 0.1) is 24.6 Å². The first kappa shape index (κ1) is 15.2. The molecule has 0 amide bonds. The maximum absolute atomic E-state index is 5.84. The van der Waals surface area contributed by atoms with E-state index in [-0.39, 0.29) is 0 Å². The van der Waals surface area contributed by atoms with Gasteiger partial charge in [0.1, 0.15) is 5.65 Å². The molecule has 0 radical (unpaired) electrons. The van der Waals surface area contributed by atoms with E-state index in [0.29, 0.717) is 0 Å². The van der Waals surface area contributed by atoms with Gasteiger partial charge in [-0.3, -0.25) is 4.90 Å². The van der Waals surface area contributed by atoms with Gasteiger partial charge in [-0.05, 0) is 36.8 Å². The Bertz CT molecular complexity index is 848. The predicted molar refractivity (Wildman–Crippen MR) is 95.9 cm³/mol. The number of fused-ring (bicyclic) bond motifs is 1. The lowest BCUT2D eigenvalue weighted by Gasteiger charge is -2.26. The van der Waals surface area contributed by atoms with Gasteiger partial charge in [0.25, 0.3) is 0 Å². The molecule has 1 saturated heterocycles. The molecular formula is C19H22N4O. The predicted octanol–water partition coefficient (Wildman–Crippen LogP) is 2.72. The summed E-state index contributed by atoms with van der Waals surface area (Å²) >= 11 is 0. The number of benzene rings is 1. The number of nitrogens with zero attached hydrogens (tertiary/aromatic N) is 3. The van der Waals surface area contributed by atoms with Crippen LogP contribution >= 0.6 is 0 Å². The van der Waals surface area contributed by atoms with Crippen LogP contribution in [0.2, 0.25) is 0 Å². The molecule has 0 saturated carbocycles. The van der Waals surface area contributed by atoms with Crippen LogP contribution in [-0.4, -0.2) is 40.6 Å². The van der Waals surface area contributed by atoms with Gasteiger partial charge in [0, 0.05) is 37.1 Å². The Morgan fingerprint density at radius 1 is 1.12 bits per heavy atom. The van der Waals surface area contributed by atoms with Gasteiger partial charge in [-0.2, -0.15) is 0 Å². The highest BCUT2D eigenvalue weighted by molar-refractivity contribution is 5.68. The summed E-state index contributed by atoms with van der Waals surface area (Å²) in [5.41, 5.74) is 12.2. The van der Waals surface area contributed by atoms with Crippen molar-refractivity contribution >= 4 is 11.3 Å². The molecule has 0 atom stereocenters. The van der Waals surface area contributed by atoms with Crippen molar-refractivity contribution in [2.24, 2.45) is 0 Å². The fourth-order valence-corrected chi connectivity index (χ4v) is 3.19. The first-order valence-corrected chi connectivity index (χ1v) is 8.34. The molecule has 0 spiro atoms. The number of rotatable bonds is 3. The van der Waals surface area contributed by atoms with E-state index in [1.165, 1.54) is 11.3 Å². The highest BCUT2D eigenvalue weighted by atomic mass is 16.5. The fraction of sp³-hybridized carbons (Fsp3) is 0.316. The van der Waals surface area contributed by atoms with Crippen molar-refractivity contribution in [1.29, 1.82) is 0 Å². The molecule has 5 heteroatoms. The Morgan fingerprint density at radius 2 is 1.88 bits per heavy atom. The summed E-state index contributed by atoms with van der Waals surface area (Å²) in [5.74, 6) is 0. The van der Waals surface area contributed by atoms with E-state index in [9.17, 15) is 0 Å². The van der Waals surface area contributed by atoms with Gasteiger partial charge in [-0.25, -0.2) is 4.98 Å². The minimum atomic E-state index is 0.771. The van der Waals surface area contributed by atoms with E-state index in [1.54, 1.807) is 0 Å². The molecule has 0 bridgehead atoms. The van der Waals surface area contributed by atoms with Gasteiger partial charge in [-0.15, -0.1) is 0 Å². The van der Waals surface area contributed by atoms with Crippen molar-refractivity contribution in [3.05, 3.63) is 53.9 Å². The quantitative estimate of drug-likeness (QED) is 0.753. The molecule has 0 aliphatic carbocycles. The van der Waals surface area contributed by atoms with Gasteiger partial charge in [0.15, 0.2) is 0 Å². The molecule has 4 rings (SSSR count). The normalized spacial score (nSPS) is 15.9. The molecule has 3 aromatic rings. The fourth-order valence-electron chi connectivity index (χ4n) is 3.19. The molecule has 2 N–H and O–H groups in total. The van der Waals surface area contributed by atoms with Crippen LogP contribution in [0.1, 0.15) is 11.3 Å². The summed E-state index contributed by atoms with van der Waals surface area (Å²) in [6.45, 7) is 6.48. The van der Waals surface area contributed by atoms with Crippen molar-refractivity contribution in [2.75, 3.05) is 32.0 Å². The van der Waals surface area contributed by atoms with Gasteiger partial charge in [0.2, 0.25) is 0 Å². The Labute approximate surface area is 141 Å². The Hall–Kier alpha value is -2.37. The third-order valence-corrected chi connectivity index (χ3v) is 4.54. The highest BCUT2D eigenvalue weighted by Crippen LogP contribution is 2.27. The van der Waals surface area contributed by atoms with Crippen molar-refractivity contribution < 1.29 is 4.74 Å². The number of hydrogen-bond acceptors (Lipinski definition) is 4. The first-order chi connectivity index (χ1) is 11.7. The summed E-state index contributed by atoms with van der Waals surface area (Å²) in [4.78, 5) is 7.33. The Morgan fingerprint density at radius 3 is 2.62 bits per heavy atom. The maximum atomic E-state index is 5.84. The SMILES string of the molecule is Cc1ccn2c(CN3CCOCC3)c(-c3ccc(N)cc3)nc2c1. The topological polar surface area (TPSA) is 55.8 Å². The first-order valence-electron chi connectivity index (χ1n) is 8.34. The van der Waals surface area contributed by atoms with Crippen LogP contribution in [-0.2, 0) is 11.3 Å². The van der Waals surface area contributed by atoms with Crippen molar-refractivity contribution in [1.82, 2.24) is 14.3 Å². The number of aromatic nitrogens is 2. The van der Waals surface area contributed by atoms with Gasteiger partial charge in [-0.1, -0.05) is 12.1 Å². The standard InChI is InChI=1S/C19H22N4O/c1-14-6-7-23-17(13-22-8-10-24-11-9-22)19(21-18(23)12-14)15-2-4-16(20)5-3-15/h2-7,12H,8-11,13,20H2,1H3. The zero-order chi connectivity index (χ0) is 16.5. The summed E-state index contributed by atoms with van der Waals surface area (Å²) in [6, 6.07) is 12.2. The summed E-state index contributed by atoms with van der Waals surface area (Å²) in [6.07, 6.45) is 2.12. The third-order valence-electron chi connectivity index (χ3n) is 4.54. The number of nitrogen functional groups attached to an aromatic ring is 1. The van der Waals surface area contributed by atoms with E-state index >= 15 is 0 Å². The maximum Gasteiger partial charge on any atom is 0.137 e. The monoisotopic (exact) mass is 322 g/mol. The second kappa shape index (κ2) is 6.26. The number of anilines is 1. The van der Waals surface area contributed by atoms with Gasteiger partial charge < -0.3 is 14.9 Å². The number of ether oxygens (including phenoxy) is 1. The van der Waals surface area contributed by atoms with Crippen LogP contribution in [0.4, 0.5) is 5.69 Å². The number of aryl methyl sites for hydroxylation is 1. The van der Waals surface area contributed by atoms with Crippen LogP contribution in [0.5, 0.6) is 0 Å². The number of morpholine rings is 1. The minimum absolute atomic E-state index is 0.771. The van der Waals surface area contributed by atoms with E-state index in [4.69, 9.17) is 15.5 Å². The van der Waals surface area contributed by atoms with Crippen LogP contribution < -0.4 is 5.73 Å². The third kappa shape index (κ3) is 2.88. The molecule has 1 aliphatic rings. The second-order valence-corrected chi connectivity index (χ2v) is 6.35. The van der Waals surface area contributed by atoms with E-state index in [2.05, 4.69) is 34.6 Å². The molecule has 0 unspecified atom stereocenters. The molecule has 5 nitrogen and oxygen atoms in total. The van der Waals surface area contributed by atoms with Crippen LogP contribution in [0.25, 0.3) is 16.9 Å². The molecule has 1 aromatic carbocycles.